The Balaban J connectivity index is 0.00000147. The van der Waals surface area contributed by atoms with Crippen LogP contribution in [-0.2, 0) is 0 Å². The van der Waals surface area contributed by atoms with E-state index in [1.807, 2.05) is 23.6 Å². The number of nitrogens with two attached hydrogens (primary N) is 1. The van der Waals surface area contributed by atoms with Gasteiger partial charge in [-0.15, -0.1) is 23.7 Å². The van der Waals surface area contributed by atoms with Crippen molar-refractivity contribution in [2.24, 2.45) is 5.73 Å². The lowest BCUT2D eigenvalue weighted by atomic mass is 10.1. The van der Waals surface area contributed by atoms with E-state index in [-0.39, 0.29) is 18.4 Å². The van der Waals surface area contributed by atoms with Crippen LogP contribution >= 0.6 is 23.7 Å². The summed E-state index contributed by atoms with van der Waals surface area (Å²) in [6.07, 6.45) is 2.76. The predicted octanol–water partition coefficient (Wildman–Crippen LogP) is 2.64. The molecular weight excluding hydrogens is 292 g/mol. The van der Waals surface area contributed by atoms with Crippen LogP contribution in [0.3, 0.4) is 0 Å². The quantitative estimate of drug-likeness (QED) is 0.926. The maximum Gasteiger partial charge on any atom is 0.123 e. The van der Waals surface area contributed by atoms with Gasteiger partial charge in [-0.25, -0.2) is 4.98 Å². The summed E-state index contributed by atoms with van der Waals surface area (Å²) in [6, 6.07) is 8.45. The molecule has 1 aromatic heterocycles. The van der Waals surface area contributed by atoms with E-state index in [1.54, 1.807) is 17.5 Å². The van der Waals surface area contributed by atoms with Gasteiger partial charge in [-0.2, -0.15) is 5.26 Å². The van der Waals surface area contributed by atoms with E-state index in [4.69, 9.17) is 5.73 Å². The Labute approximate surface area is 128 Å². The number of nitriles is 1. The second-order valence-electron chi connectivity index (χ2n) is 4.68. The monoisotopic (exact) mass is 306 g/mol. The molecule has 1 aromatic carbocycles. The number of hydrogen-bond donors (Lipinski definition) is 1. The molecule has 0 aliphatic carbocycles. The van der Waals surface area contributed by atoms with Gasteiger partial charge in [-0.1, -0.05) is 0 Å². The molecule has 1 aliphatic heterocycles. The van der Waals surface area contributed by atoms with Crippen molar-refractivity contribution in [1.29, 1.82) is 5.26 Å². The van der Waals surface area contributed by atoms with Crippen molar-refractivity contribution in [2.75, 3.05) is 18.0 Å². The molecule has 104 valence electrons. The number of anilines is 1. The smallest absolute Gasteiger partial charge is 0.123 e. The zero-order valence-electron chi connectivity index (χ0n) is 10.8. The summed E-state index contributed by atoms with van der Waals surface area (Å²) in [5.41, 5.74) is 8.61. The molecule has 0 amide bonds. The Bertz CT molecular complexity index is 621. The molecule has 3 rings (SSSR count). The van der Waals surface area contributed by atoms with E-state index in [0.29, 0.717) is 5.56 Å². The molecule has 1 fully saturated rings. The molecule has 1 atom stereocenters. The molecule has 0 spiro atoms. The number of benzene rings is 1. The van der Waals surface area contributed by atoms with Crippen LogP contribution in [0.4, 0.5) is 5.69 Å². The molecule has 1 aliphatic rings. The van der Waals surface area contributed by atoms with Gasteiger partial charge in [0, 0.05) is 36.3 Å². The van der Waals surface area contributed by atoms with E-state index in [1.165, 1.54) is 0 Å². The SMILES string of the molecule is Cl.N#Cc1cc(-c2nccs2)ccc1N1CCC(N)C1. The lowest BCUT2D eigenvalue weighted by molar-refractivity contribution is 0.752. The van der Waals surface area contributed by atoms with Crippen LogP contribution in [-0.4, -0.2) is 24.1 Å². The van der Waals surface area contributed by atoms with Crippen LogP contribution in [0.15, 0.2) is 29.8 Å². The van der Waals surface area contributed by atoms with E-state index in [2.05, 4.69) is 16.0 Å². The minimum Gasteiger partial charge on any atom is -0.369 e. The van der Waals surface area contributed by atoms with Gasteiger partial charge in [0.15, 0.2) is 0 Å². The summed E-state index contributed by atoms with van der Waals surface area (Å²) in [4.78, 5) is 6.47. The molecule has 2 heterocycles. The molecule has 6 heteroatoms. The highest BCUT2D eigenvalue weighted by Gasteiger charge is 2.21. The predicted molar refractivity (Wildman–Crippen MR) is 84.3 cm³/mol. The Hall–Kier alpha value is -1.61. The summed E-state index contributed by atoms with van der Waals surface area (Å²) in [7, 11) is 0. The first-order valence-electron chi connectivity index (χ1n) is 6.22. The topological polar surface area (TPSA) is 65.9 Å². The molecule has 0 bridgehead atoms. The molecule has 1 saturated heterocycles. The third-order valence-corrected chi connectivity index (χ3v) is 4.18. The number of thiazole rings is 1. The standard InChI is InChI=1S/C14H14N4S.ClH/c15-8-11-7-10(14-17-4-6-19-14)1-2-13(11)18-5-3-12(16)9-18;/h1-2,4,6-7,12H,3,5,9,16H2;1H. The van der Waals surface area contributed by atoms with Gasteiger partial charge in [-0.05, 0) is 24.6 Å². The summed E-state index contributed by atoms with van der Waals surface area (Å²) < 4.78 is 0. The minimum atomic E-state index is 0. The number of hydrogen-bond acceptors (Lipinski definition) is 5. The molecule has 1 unspecified atom stereocenters. The van der Waals surface area contributed by atoms with Crippen molar-refractivity contribution in [3.05, 3.63) is 35.3 Å². The van der Waals surface area contributed by atoms with Gasteiger partial charge in [0.05, 0.1) is 11.3 Å². The highest BCUT2D eigenvalue weighted by Crippen LogP contribution is 2.29. The zero-order valence-corrected chi connectivity index (χ0v) is 12.5. The van der Waals surface area contributed by atoms with Crippen molar-refractivity contribution in [2.45, 2.75) is 12.5 Å². The highest BCUT2D eigenvalue weighted by molar-refractivity contribution is 7.13. The number of halogens is 1. The first-order valence-corrected chi connectivity index (χ1v) is 7.10. The Morgan fingerprint density at radius 2 is 2.30 bits per heavy atom. The number of rotatable bonds is 2. The molecule has 4 nitrogen and oxygen atoms in total. The second-order valence-corrected chi connectivity index (χ2v) is 5.57. The lowest BCUT2D eigenvalue weighted by Gasteiger charge is -2.19. The van der Waals surface area contributed by atoms with Crippen molar-refractivity contribution in [3.8, 4) is 16.6 Å². The van der Waals surface area contributed by atoms with Crippen molar-refractivity contribution in [1.82, 2.24) is 4.98 Å². The third-order valence-electron chi connectivity index (χ3n) is 3.36. The summed E-state index contributed by atoms with van der Waals surface area (Å²) >= 11 is 1.58. The first kappa shape index (κ1) is 14.8. The van der Waals surface area contributed by atoms with Gasteiger partial charge in [0.25, 0.3) is 0 Å². The average Bonchev–Trinajstić information content (AvgIpc) is 3.09. The van der Waals surface area contributed by atoms with Crippen LogP contribution in [0.2, 0.25) is 0 Å². The van der Waals surface area contributed by atoms with Crippen LogP contribution in [0.1, 0.15) is 12.0 Å². The largest absolute Gasteiger partial charge is 0.369 e. The molecule has 2 N–H and O–H groups in total. The Kier molecular flexibility index (Phi) is 4.61. The van der Waals surface area contributed by atoms with E-state index in [0.717, 1.165) is 35.8 Å². The average molecular weight is 307 g/mol. The van der Waals surface area contributed by atoms with Gasteiger partial charge in [-0.3, -0.25) is 0 Å². The van der Waals surface area contributed by atoms with E-state index >= 15 is 0 Å². The summed E-state index contributed by atoms with van der Waals surface area (Å²) in [6.45, 7) is 1.75. The lowest BCUT2D eigenvalue weighted by Crippen LogP contribution is -2.26. The fraction of sp³-hybridized carbons (Fsp3) is 0.286. The molecule has 0 saturated carbocycles. The Morgan fingerprint density at radius 3 is 2.90 bits per heavy atom. The fourth-order valence-corrected chi connectivity index (χ4v) is 3.04. The highest BCUT2D eigenvalue weighted by atomic mass is 35.5. The summed E-state index contributed by atoms with van der Waals surface area (Å²) in [5, 5.41) is 12.2. The Morgan fingerprint density at radius 1 is 1.45 bits per heavy atom. The van der Waals surface area contributed by atoms with Crippen LogP contribution in [0, 0.1) is 11.3 Å². The first-order chi connectivity index (χ1) is 9.28. The van der Waals surface area contributed by atoms with Gasteiger partial charge in [0.2, 0.25) is 0 Å². The molecule has 20 heavy (non-hydrogen) atoms. The minimum absolute atomic E-state index is 0. The summed E-state index contributed by atoms with van der Waals surface area (Å²) in [5.74, 6) is 0. The van der Waals surface area contributed by atoms with E-state index < -0.39 is 0 Å². The fourth-order valence-electron chi connectivity index (χ4n) is 2.41. The van der Waals surface area contributed by atoms with Gasteiger partial charge in [0.1, 0.15) is 11.1 Å². The third kappa shape index (κ3) is 2.78. The normalized spacial score (nSPS) is 17.6. The maximum atomic E-state index is 9.34. The number of aromatic nitrogens is 1. The van der Waals surface area contributed by atoms with Crippen LogP contribution in [0.5, 0.6) is 0 Å². The second kappa shape index (κ2) is 6.23. The van der Waals surface area contributed by atoms with Crippen molar-refractivity contribution < 1.29 is 0 Å². The maximum absolute atomic E-state index is 9.34. The number of nitrogens with zero attached hydrogens (tertiary/aromatic N) is 3. The van der Waals surface area contributed by atoms with Gasteiger partial charge < -0.3 is 10.6 Å². The van der Waals surface area contributed by atoms with Crippen molar-refractivity contribution in [3.63, 3.8) is 0 Å². The molecule has 2 aromatic rings. The van der Waals surface area contributed by atoms with Crippen molar-refractivity contribution >= 4 is 29.4 Å². The van der Waals surface area contributed by atoms with Gasteiger partial charge >= 0.3 is 0 Å². The van der Waals surface area contributed by atoms with Crippen LogP contribution < -0.4 is 10.6 Å². The van der Waals surface area contributed by atoms with E-state index in [9.17, 15) is 5.26 Å². The molecular formula is C14H15ClN4S. The molecule has 0 radical (unpaired) electrons. The van der Waals surface area contributed by atoms with Crippen LogP contribution in [0.25, 0.3) is 10.6 Å². The zero-order chi connectivity index (χ0) is 13.2.